The Hall–Kier alpha value is -2.04. The number of ether oxygens (including phenoxy) is 1. The topological polar surface area (TPSA) is 96.1 Å². The number of likely N-dealkylation sites (tertiary alicyclic amines) is 1. The molecule has 0 saturated carbocycles. The summed E-state index contributed by atoms with van der Waals surface area (Å²) in [6.45, 7) is -0.611. The van der Waals surface area contributed by atoms with Gasteiger partial charge in [0, 0.05) is 34.4 Å². The summed E-state index contributed by atoms with van der Waals surface area (Å²) in [5, 5.41) is 0.446. The van der Waals surface area contributed by atoms with E-state index in [-0.39, 0.29) is 30.2 Å². The van der Waals surface area contributed by atoms with E-state index in [2.05, 4.69) is 4.90 Å². The van der Waals surface area contributed by atoms with Crippen LogP contribution in [-0.2, 0) is 27.7 Å². The van der Waals surface area contributed by atoms with Gasteiger partial charge in [0.2, 0.25) is 5.91 Å². The number of anilines is 1. The van der Waals surface area contributed by atoms with Gasteiger partial charge >= 0.3 is 0 Å². The highest BCUT2D eigenvalue weighted by atomic mass is 35.5. The predicted molar refractivity (Wildman–Crippen MR) is 126 cm³/mol. The number of hydrogen-bond acceptors (Lipinski definition) is 5. The number of benzene rings is 2. The summed E-state index contributed by atoms with van der Waals surface area (Å²) >= 11 is 3.72. The normalized spacial score (nSPS) is 20.3. The summed E-state index contributed by atoms with van der Waals surface area (Å²) in [6, 6.07) is 7.47. The average molecular weight is 499 g/mol. The molecule has 4 rings (SSSR count). The Labute approximate surface area is 204 Å². The monoisotopic (exact) mass is 498 g/mol. The summed E-state index contributed by atoms with van der Waals surface area (Å²) in [5.41, 5.74) is 5.95. The molecule has 2 aromatic rings. The highest BCUT2D eigenvalue weighted by Gasteiger charge is 2.50. The van der Waals surface area contributed by atoms with E-state index in [1.807, 2.05) is 0 Å². The quantitative estimate of drug-likeness (QED) is 0.570. The highest BCUT2D eigenvalue weighted by Crippen LogP contribution is 2.48. The number of likely N-dealkylation sites (N-methyl/N-ethyl adjacent to an activating group) is 1. The van der Waals surface area contributed by atoms with Crippen LogP contribution in [0.25, 0.3) is 0 Å². The van der Waals surface area contributed by atoms with Gasteiger partial charge in [-0.15, -0.1) is 0 Å². The van der Waals surface area contributed by atoms with Crippen LogP contribution >= 0.6 is 11.6 Å². The molecule has 2 aliphatic heterocycles. The molecule has 1 unspecified atom stereocenters. The van der Waals surface area contributed by atoms with E-state index in [9.17, 15) is 17.9 Å². The van der Waals surface area contributed by atoms with Gasteiger partial charge in [-0.3, -0.25) is 9.69 Å². The minimum Gasteiger partial charge on any atom is -0.492 e. The van der Waals surface area contributed by atoms with E-state index in [4.69, 9.17) is 26.2 Å². The summed E-state index contributed by atoms with van der Waals surface area (Å²) in [7, 11) is 0. The van der Waals surface area contributed by atoms with Crippen LogP contribution < -0.4 is 15.4 Å². The lowest BCUT2D eigenvalue weighted by molar-refractivity contribution is -0.124. The summed E-state index contributed by atoms with van der Waals surface area (Å²) < 4.78 is 64.5. The number of fused-ring (bicyclic) bond motifs is 2. The van der Waals surface area contributed by atoms with Crippen molar-refractivity contribution in [1.29, 1.82) is 0 Å². The third-order valence-corrected chi connectivity index (χ3v) is 7.44. The average Bonchev–Trinajstić information content (AvgIpc) is 3.02. The van der Waals surface area contributed by atoms with Crippen molar-refractivity contribution in [3.63, 3.8) is 0 Å². The maximum absolute atomic E-state index is 14.4. The zero-order valence-electron chi connectivity index (χ0n) is 20.9. The van der Waals surface area contributed by atoms with E-state index >= 15 is 0 Å². The van der Waals surface area contributed by atoms with E-state index in [0.29, 0.717) is 54.3 Å². The van der Waals surface area contributed by atoms with Gasteiger partial charge in [-0.25, -0.2) is 8.60 Å². The number of hydrogen-bond donors (Lipinski definition) is 2. The molecule has 1 saturated heterocycles. The van der Waals surface area contributed by atoms with Gasteiger partial charge in [0.05, 0.1) is 5.41 Å². The lowest BCUT2D eigenvalue weighted by atomic mass is 9.73. The summed E-state index contributed by atoms with van der Waals surface area (Å²) in [4.78, 5) is 16.1. The van der Waals surface area contributed by atoms with Crippen molar-refractivity contribution in [3.8, 4) is 5.75 Å². The van der Waals surface area contributed by atoms with Gasteiger partial charge in [-0.2, -0.15) is 0 Å². The molecule has 2 aliphatic rings. The smallest absolute Gasteiger partial charge is 0.237 e. The number of nitrogens with two attached hydrogens (primary N) is 1. The van der Waals surface area contributed by atoms with Crippen LogP contribution in [0.4, 0.5) is 10.1 Å². The molecule has 178 valence electrons. The largest absolute Gasteiger partial charge is 0.492 e. The fourth-order valence-electron chi connectivity index (χ4n) is 4.70. The van der Waals surface area contributed by atoms with Gasteiger partial charge in [-0.1, -0.05) is 11.6 Å². The first-order valence-electron chi connectivity index (χ1n) is 12.1. The van der Waals surface area contributed by atoms with Gasteiger partial charge in [-0.05, 0) is 74.3 Å². The number of nitrogens with zero attached hydrogens (tertiary/aromatic N) is 2. The second kappa shape index (κ2) is 9.68. The van der Waals surface area contributed by atoms with Gasteiger partial charge in [0.15, 0.2) is 11.1 Å². The molecular formula is C23H27ClFN3O4S. The summed E-state index contributed by atoms with van der Waals surface area (Å²) in [6.07, 6.45) is 1.09. The standard InChI is InChI=1S/C23H27ClFN3O4S/c1-27-20-3-2-16(24)13-18(20)23(22(27)29)5-8-28(9-6-23)10-11-32-17-12-15(4-7-26)21(33(30)31)19(25)14-17/h2-3,12-14H,4-11,26H2,1H3,(H,30,31)/i1D3. The van der Waals surface area contributed by atoms with Crippen LogP contribution in [0.5, 0.6) is 5.75 Å². The van der Waals surface area contributed by atoms with Crippen LogP contribution in [-0.4, -0.2) is 59.3 Å². The molecule has 1 spiro atoms. The van der Waals surface area contributed by atoms with Crippen LogP contribution in [0.15, 0.2) is 35.2 Å². The number of amides is 1. The molecule has 1 atom stereocenters. The van der Waals surface area contributed by atoms with Crippen molar-refractivity contribution >= 4 is 34.3 Å². The molecular weight excluding hydrogens is 469 g/mol. The third-order valence-electron chi connectivity index (χ3n) is 6.40. The highest BCUT2D eigenvalue weighted by molar-refractivity contribution is 7.79. The molecule has 33 heavy (non-hydrogen) atoms. The van der Waals surface area contributed by atoms with Gasteiger partial charge < -0.3 is 19.9 Å². The SMILES string of the molecule is [2H]C([2H])([2H])N1C(=O)C2(CCN(CCOc3cc(F)c(S(=O)O)c(CCN)c3)CC2)c2cc(Cl)ccc21. The van der Waals surface area contributed by atoms with Crippen molar-refractivity contribution in [2.24, 2.45) is 5.73 Å². The fourth-order valence-corrected chi connectivity index (χ4v) is 5.49. The van der Waals surface area contributed by atoms with Gasteiger partial charge in [0.1, 0.15) is 23.1 Å². The Kier molecular flexibility index (Phi) is 5.96. The lowest BCUT2D eigenvalue weighted by Gasteiger charge is -2.38. The molecule has 10 heteroatoms. The Morgan fingerprint density at radius 3 is 2.76 bits per heavy atom. The predicted octanol–water partition coefficient (Wildman–Crippen LogP) is 2.95. The first-order valence-corrected chi connectivity index (χ1v) is 12.1. The van der Waals surface area contributed by atoms with Crippen LogP contribution in [0.3, 0.4) is 0 Å². The zero-order valence-corrected chi connectivity index (χ0v) is 19.4. The minimum atomic E-state index is -2.59. The van der Waals surface area contributed by atoms with Crippen molar-refractivity contribution in [2.75, 3.05) is 44.7 Å². The molecule has 2 heterocycles. The zero-order chi connectivity index (χ0) is 26.3. The van der Waals surface area contributed by atoms with Crippen molar-refractivity contribution < 1.29 is 26.8 Å². The Morgan fingerprint density at radius 1 is 1.33 bits per heavy atom. The second-order valence-corrected chi connectivity index (χ2v) is 9.60. The van der Waals surface area contributed by atoms with Crippen LogP contribution in [0.2, 0.25) is 5.02 Å². The molecule has 0 aliphatic carbocycles. The van der Waals surface area contributed by atoms with E-state index in [1.54, 1.807) is 18.2 Å². The molecule has 2 aromatic carbocycles. The van der Waals surface area contributed by atoms with Crippen LogP contribution in [0, 0.1) is 5.82 Å². The Balaban J connectivity index is 1.42. The van der Waals surface area contributed by atoms with E-state index in [1.165, 1.54) is 6.07 Å². The van der Waals surface area contributed by atoms with Crippen molar-refractivity contribution in [2.45, 2.75) is 29.6 Å². The fraction of sp³-hybridized carbons (Fsp3) is 0.435. The number of carbonyl (C=O) groups excluding carboxylic acids is 1. The number of halogens is 2. The molecule has 3 N–H and O–H groups in total. The molecule has 1 fully saturated rings. The Bertz CT molecular complexity index is 1190. The molecule has 1 amide bonds. The minimum absolute atomic E-state index is 0.189. The van der Waals surface area contributed by atoms with Crippen LogP contribution in [0.1, 0.15) is 28.1 Å². The van der Waals surface area contributed by atoms with Crippen molar-refractivity contribution in [3.05, 3.63) is 52.3 Å². The first-order chi connectivity index (χ1) is 17.0. The summed E-state index contributed by atoms with van der Waals surface area (Å²) in [5.74, 6) is -1.02. The Morgan fingerprint density at radius 2 is 2.09 bits per heavy atom. The molecule has 0 aromatic heterocycles. The maximum atomic E-state index is 14.4. The van der Waals surface area contributed by atoms with Gasteiger partial charge in [0.25, 0.3) is 0 Å². The molecule has 0 radical (unpaired) electrons. The molecule has 0 bridgehead atoms. The molecule has 7 nitrogen and oxygen atoms in total. The lowest BCUT2D eigenvalue weighted by Crippen LogP contribution is -2.48. The first kappa shape index (κ1) is 20.3. The maximum Gasteiger partial charge on any atom is 0.237 e. The number of rotatable bonds is 7. The number of piperidine rings is 1. The van der Waals surface area contributed by atoms with E-state index in [0.717, 1.165) is 11.0 Å². The number of carbonyl (C=O) groups is 1. The second-order valence-electron chi connectivity index (χ2n) is 8.26. The third kappa shape index (κ3) is 4.52. The van der Waals surface area contributed by atoms with Crippen molar-refractivity contribution in [1.82, 2.24) is 4.90 Å². The van der Waals surface area contributed by atoms with E-state index < -0.39 is 35.2 Å².